The number of amides is 1. The number of hydrogen-bond donors (Lipinski definition) is 2. The number of carbonyl (C=O) groups excluding carboxylic acids is 1. The highest BCUT2D eigenvalue weighted by Gasteiger charge is 2.27. The first-order valence-corrected chi connectivity index (χ1v) is 7.60. The van der Waals surface area contributed by atoms with Gasteiger partial charge in [-0.15, -0.1) is 0 Å². The van der Waals surface area contributed by atoms with Crippen LogP contribution < -0.4 is 5.32 Å². The number of aliphatic hydroxyl groups excluding tert-OH is 1. The quantitative estimate of drug-likeness (QED) is 0.447. The van der Waals surface area contributed by atoms with Gasteiger partial charge in [0.1, 0.15) is 0 Å². The number of hydrogen-bond acceptors (Lipinski definition) is 4. The Hall–Kier alpha value is -1.22. The van der Waals surface area contributed by atoms with E-state index in [2.05, 4.69) is 5.32 Å². The van der Waals surface area contributed by atoms with E-state index in [4.69, 9.17) is 5.11 Å². The van der Waals surface area contributed by atoms with Crippen LogP contribution in [-0.4, -0.2) is 28.6 Å². The Kier molecular flexibility index (Phi) is 6.09. The van der Waals surface area contributed by atoms with Crippen LogP contribution in [0.1, 0.15) is 37.6 Å². The first kappa shape index (κ1) is 17.8. The molecular weight excluding hydrogens is 387 g/mol. The second-order valence-electron chi connectivity index (χ2n) is 5.83. The molecule has 1 aromatic carbocycles. The predicted molar refractivity (Wildman–Crippen MR) is 88.2 cm³/mol. The third kappa shape index (κ3) is 4.92. The maximum Gasteiger partial charge on any atom is 0.270 e. The van der Waals surface area contributed by atoms with E-state index in [9.17, 15) is 14.9 Å². The Morgan fingerprint density at radius 2 is 2.10 bits per heavy atom. The van der Waals surface area contributed by atoms with Crippen LogP contribution >= 0.6 is 22.6 Å². The highest BCUT2D eigenvalue weighted by Crippen LogP contribution is 2.24. The van der Waals surface area contributed by atoms with E-state index in [0.717, 1.165) is 0 Å². The summed E-state index contributed by atoms with van der Waals surface area (Å²) >= 11 is 1.97. The molecule has 0 radical (unpaired) electrons. The Labute approximate surface area is 137 Å². The molecule has 0 aliphatic carbocycles. The highest BCUT2D eigenvalue weighted by atomic mass is 127. The number of benzene rings is 1. The van der Waals surface area contributed by atoms with Crippen molar-refractivity contribution in [3.63, 3.8) is 0 Å². The van der Waals surface area contributed by atoms with Crippen LogP contribution in [0.15, 0.2) is 18.2 Å². The summed E-state index contributed by atoms with van der Waals surface area (Å²) in [7, 11) is 0. The van der Waals surface area contributed by atoms with Gasteiger partial charge in [0, 0.05) is 28.4 Å². The van der Waals surface area contributed by atoms with Crippen molar-refractivity contribution in [2.24, 2.45) is 5.41 Å². The van der Waals surface area contributed by atoms with Gasteiger partial charge in [-0.05, 0) is 40.5 Å². The van der Waals surface area contributed by atoms with Gasteiger partial charge in [-0.3, -0.25) is 14.9 Å². The largest absolute Gasteiger partial charge is 0.396 e. The average molecular weight is 406 g/mol. The van der Waals surface area contributed by atoms with Gasteiger partial charge in [-0.1, -0.05) is 20.8 Å². The molecule has 116 valence electrons. The first-order valence-electron chi connectivity index (χ1n) is 6.52. The maximum atomic E-state index is 12.4. The fourth-order valence-corrected chi connectivity index (χ4v) is 2.47. The molecule has 1 aromatic rings. The van der Waals surface area contributed by atoms with Gasteiger partial charge in [0.25, 0.3) is 11.6 Å². The van der Waals surface area contributed by atoms with Crippen molar-refractivity contribution in [2.75, 3.05) is 6.61 Å². The van der Waals surface area contributed by atoms with Gasteiger partial charge in [0.05, 0.1) is 10.5 Å². The van der Waals surface area contributed by atoms with Crippen LogP contribution in [0.25, 0.3) is 0 Å². The van der Waals surface area contributed by atoms with Crippen molar-refractivity contribution >= 4 is 34.2 Å². The van der Waals surface area contributed by atoms with Crippen LogP contribution in [0.2, 0.25) is 0 Å². The summed E-state index contributed by atoms with van der Waals surface area (Å²) in [4.78, 5) is 22.6. The second-order valence-corrected chi connectivity index (χ2v) is 6.99. The molecule has 0 spiro atoms. The van der Waals surface area contributed by atoms with E-state index in [1.54, 1.807) is 6.07 Å². The smallest absolute Gasteiger partial charge is 0.270 e. The lowest BCUT2D eigenvalue weighted by Crippen LogP contribution is -2.44. The summed E-state index contributed by atoms with van der Waals surface area (Å²) in [5, 5.41) is 22.8. The maximum absolute atomic E-state index is 12.4. The topological polar surface area (TPSA) is 92.5 Å². The van der Waals surface area contributed by atoms with Gasteiger partial charge in [-0.2, -0.15) is 0 Å². The van der Waals surface area contributed by atoms with Crippen LogP contribution in [0.4, 0.5) is 5.69 Å². The molecule has 21 heavy (non-hydrogen) atoms. The SMILES string of the molecule is CC(C)(C)C(CCO)NC(=O)c1cc([N+](=O)[O-])ccc1I. The van der Waals surface area contributed by atoms with Crippen molar-refractivity contribution in [2.45, 2.75) is 33.2 Å². The molecule has 2 N–H and O–H groups in total. The Bertz CT molecular complexity index is 540. The second kappa shape index (κ2) is 7.17. The summed E-state index contributed by atoms with van der Waals surface area (Å²) in [6, 6.07) is 3.97. The third-order valence-corrected chi connectivity index (χ3v) is 4.11. The summed E-state index contributed by atoms with van der Waals surface area (Å²) in [6.45, 7) is 5.86. The molecule has 0 fully saturated rings. The van der Waals surface area contributed by atoms with E-state index in [1.165, 1.54) is 12.1 Å². The first-order chi connectivity index (χ1) is 9.66. The van der Waals surface area contributed by atoms with Crippen LogP contribution in [0, 0.1) is 19.1 Å². The number of rotatable bonds is 5. The Morgan fingerprint density at radius 3 is 2.57 bits per heavy atom. The zero-order chi connectivity index (χ0) is 16.2. The van der Waals surface area contributed by atoms with Crippen molar-refractivity contribution in [1.82, 2.24) is 5.32 Å². The van der Waals surface area contributed by atoms with Crippen LogP contribution in [0.5, 0.6) is 0 Å². The number of aliphatic hydroxyl groups is 1. The molecule has 1 unspecified atom stereocenters. The molecule has 0 aliphatic rings. The zero-order valence-corrected chi connectivity index (χ0v) is 14.4. The van der Waals surface area contributed by atoms with Crippen LogP contribution in [-0.2, 0) is 0 Å². The van der Waals surface area contributed by atoms with Gasteiger partial charge in [0.15, 0.2) is 0 Å². The molecule has 6 nitrogen and oxygen atoms in total. The fraction of sp³-hybridized carbons (Fsp3) is 0.500. The number of nitrogens with zero attached hydrogens (tertiary/aromatic N) is 1. The number of halogens is 1. The zero-order valence-electron chi connectivity index (χ0n) is 12.2. The van der Waals surface area contributed by atoms with Gasteiger partial charge >= 0.3 is 0 Å². The Morgan fingerprint density at radius 1 is 1.48 bits per heavy atom. The summed E-state index contributed by atoms with van der Waals surface area (Å²) in [5.41, 5.74) is -0.0584. The van der Waals surface area contributed by atoms with Crippen molar-refractivity contribution in [3.8, 4) is 0 Å². The lowest BCUT2D eigenvalue weighted by Gasteiger charge is -2.31. The third-order valence-electron chi connectivity index (χ3n) is 3.17. The van der Waals surface area contributed by atoms with Gasteiger partial charge in [0.2, 0.25) is 0 Å². The van der Waals surface area contributed by atoms with E-state index >= 15 is 0 Å². The van der Waals surface area contributed by atoms with E-state index in [1.807, 2.05) is 43.4 Å². The minimum Gasteiger partial charge on any atom is -0.396 e. The molecule has 0 aliphatic heterocycles. The average Bonchev–Trinajstić information content (AvgIpc) is 2.37. The monoisotopic (exact) mass is 406 g/mol. The van der Waals surface area contributed by atoms with Crippen molar-refractivity contribution < 1.29 is 14.8 Å². The van der Waals surface area contributed by atoms with Crippen molar-refractivity contribution in [3.05, 3.63) is 37.4 Å². The summed E-state index contributed by atoms with van der Waals surface area (Å²) in [5.74, 6) is -0.364. The number of nitro benzene ring substituents is 1. The standard InChI is InChI=1S/C14H19IN2O4/c1-14(2,3)12(6-7-18)16-13(19)10-8-9(17(20)21)4-5-11(10)15/h4-5,8,12,18H,6-7H2,1-3H3,(H,16,19). The van der Waals surface area contributed by atoms with Crippen molar-refractivity contribution in [1.29, 1.82) is 0 Å². The lowest BCUT2D eigenvalue weighted by atomic mass is 9.84. The minimum atomic E-state index is -0.526. The fourth-order valence-electron chi connectivity index (χ4n) is 1.89. The number of non-ortho nitro benzene ring substituents is 1. The van der Waals surface area contributed by atoms with E-state index < -0.39 is 4.92 Å². The van der Waals surface area contributed by atoms with Gasteiger partial charge < -0.3 is 10.4 Å². The highest BCUT2D eigenvalue weighted by molar-refractivity contribution is 14.1. The number of nitro groups is 1. The molecule has 0 saturated heterocycles. The summed E-state index contributed by atoms with van der Waals surface area (Å²) < 4.78 is 0.646. The number of carbonyl (C=O) groups is 1. The van der Waals surface area contributed by atoms with Gasteiger partial charge in [-0.25, -0.2) is 0 Å². The molecule has 1 atom stereocenters. The molecule has 1 amide bonds. The van der Waals surface area contributed by atoms with E-state index in [0.29, 0.717) is 9.99 Å². The molecule has 0 aromatic heterocycles. The number of nitrogens with one attached hydrogen (secondary N) is 1. The summed E-state index contributed by atoms with van der Waals surface area (Å²) in [6.07, 6.45) is 0.431. The molecule has 0 saturated carbocycles. The predicted octanol–water partition coefficient (Wildman–Crippen LogP) is 2.73. The molecule has 7 heteroatoms. The normalized spacial score (nSPS) is 12.8. The van der Waals surface area contributed by atoms with E-state index in [-0.39, 0.29) is 35.2 Å². The minimum absolute atomic E-state index is 0.0335. The molecular formula is C14H19IN2O4. The van der Waals surface area contributed by atoms with Crippen LogP contribution in [0.3, 0.4) is 0 Å². The molecule has 0 heterocycles. The molecule has 1 rings (SSSR count). The lowest BCUT2D eigenvalue weighted by molar-refractivity contribution is -0.384. The molecule has 0 bridgehead atoms. The Balaban J connectivity index is 3.02.